The number of benzene rings is 2. The molecule has 0 spiro atoms. The average molecular weight is 672 g/mol. The molecule has 12 nitrogen and oxygen atoms in total. The van der Waals surface area contributed by atoms with Gasteiger partial charge in [-0.3, -0.25) is 0 Å². The molecule has 4 heterocycles. The van der Waals surface area contributed by atoms with Crippen molar-refractivity contribution >= 4 is 53.4 Å². The van der Waals surface area contributed by atoms with Gasteiger partial charge in [0.1, 0.15) is 10.1 Å². The lowest BCUT2D eigenvalue weighted by Crippen LogP contribution is -2.01. The van der Waals surface area contributed by atoms with Crippen LogP contribution in [-0.4, -0.2) is 60.0 Å². The highest BCUT2D eigenvalue weighted by atomic mass is 79.9. The summed E-state index contributed by atoms with van der Waals surface area (Å²) < 4.78 is 5.51. The first-order chi connectivity index (χ1) is 18.5. The summed E-state index contributed by atoms with van der Waals surface area (Å²) >= 11 is 7.30. The lowest BCUT2D eigenvalue weighted by atomic mass is 10.3. The highest BCUT2D eigenvalue weighted by molar-refractivity contribution is 9.11. The molecule has 0 radical (unpaired) electrons. The zero-order valence-electron chi connectivity index (χ0n) is 19.7. The van der Waals surface area contributed by atoms with Crippen molar-refractivity contribution in [1.29, 1.82) is 0 Å². The molecule has 0 amide bonds. The Hall–Kier alpha value is -3.34. The minimum atomic E-state index is 0.476. The SMILES string of the molecule is Cn1nnc(-c2cnn(-c3ccccc3Br)c2SSc2c(-c3nnn(C)n3)cnn2-c2ccccc2Br)n1. The summed E-state index contributed by atoms with van der Waals surface area (Å²) in [4.78, 5) is 2.85. The second-order valence-electron chi connectivity index (χ2n) is 7.82. The monoisotopic (exact) mass is 670 g/mol. The molecule has 38 heavy (non-hydrogen) atoms. The van der Waals surface area contributed by atoms with Crippen LogP contribution >= 0.6 is 53.4 Å². The Bertz CT molecular complexity index is 1630. The van der Waals surface area contributed by atoms with E-state index in [1.165, 1.54) is 31.2 Å². The molecular weight excluding hydrogens is 656 g/mol. The number of halogens is 2. The summed E-state index contributed by atoms with van der Waals surface area (Å²) in [6.45, 7) is 0. The van der Waals surface area contributed by atoms with Gasteiger partial charge in [-0.2, -0.15) is 19.8 Å². The minimum absolute atomic E-state index is 0.476. The maximum atomic E-state index is 4.68. The van der Waals surface area contributed by atoms with Gasteiger partial charge >= 0.3 is 0 Å². The zero-order chi connectivity index (χ0) is 26.2. The highest BCUT2D eigenvalue weighted by Gasteiger charge is 2.24. The van der Waals surface area contributed by atoms with Gasteiger partial charge in [0.05, 0.1) is 49.0 Å². The molecule has 0 saturated carbocycles. The number of para-hydroxylation sites is 2. The molecule has 2 aromatic carbocycles. The van der Waals surface area contributed by atoms with Crippen LogP contribution < -0.4 is 0 Å². The molecule has 0 unspecified atom stereocenters. The van der Waals surface area contributed by atoms with Gasteiger partial charge in [-0.1, -0.05) is 24.3 Å². The van der Waals surface area contributed by atoms with E-state index in [2.05, 4.69) is 72.9 Å². The maximum Gasteiger partial charge on any atom is 0.209 e. The molecule has 0 bridgehead atoms. The van der Waals surface area contributed by atoms with Crippen LogP contribution in [0, 0.1) is 0 Å². The van der Waals surface area contributed by atoms with Crippen LogP contribution in [0.4, 0.5) is 0 Å². The van der Waals surface area contributed by atoms with Crippen LogP contribution in [0.25, 0.3) is 34.2 Å². The number of hydrogen-bond donors (Lipinski definition) is 0. The van der Waals surface area contributed by atoms with E-state index < -0.39 is 0 Å². The first kappa shape index (κ1) is 25.0. The first-order valence-corrected chi connectivity index (χ1v) is 14.7. The van der Waals surface area contributed by atoms with Crippen molar-refractivity contribution in [3.63, 3.8) is 0 Å². The van der Waals surface area contributed by atoms with E-state index in [1.54, 1.807) is 26.5 Å². The van der Waals surface area contributed by atoms with Gasteiger partial charge in [0.2, 0.25) is 11.6 Å². The molecule has 0 saturated heterocycles. The Labute approximate surface area is 240 Å². The second kappa shape index (κ2) is 10.4. The van der Waals surface area contributed by atoms with Gasteiger partial charge in [-0.15, -0.1) is 20.4 Å². The standard InChI is InChI=1S/C22H16Br2N12S2/c1-33-29-19(27-31-33)13-11-25-35(17-9-5-3-7-15(17)23)21(13)37-38-22-14(20-28-32-34(2)30-20)12-26-36(22)18-10-6-4-8-16(18)24/h3-12H,1-2H3. The molecule has 0 aliphatic rings. The van der Waals surface area contributed by atoms with Crippen molar-refractivity contribution < 1.29 is 0 Å². The molecule has 4 aromatic heterocycles. The number of aryl methyl sites for hydroxylation is 2. The predicted molar refractivity (Wildman–Crippen MR) is 150 cm³/mol. The Morgan fingerprint density at radius 2 is 1.05 bits per heavy atom. The van der Waals surface area contributed by atoms with E-state index in [0.717, 1.165) is 41.5 Å². The fourth-order valence-electron chi connectivity index (χ4n) is 3.59. The molecule has 16 heteroatoms. The fraction of sp³-hybridized carbons (Fsp3) is 0.0909. The molecule has 0 fully saturated rings. The number of nitrogens with zero attached hydrogens (tertiary/aromatic N) is 12. The summed E-state index contributed by atoms with van der Waals surface area (Å²) in [5.74, 6) is 0.952. The van der Waals surface area contributed by atoms with Crippen LogP contribution in [0.1, 0.15) is 0 Å². The van der Waals surface area contributed by atoms with Gasteiger partial charge in [0, 0.05) is 8.95 Å². The van der Waals surface area contributed by atoms with Crippen molar-refractivity contribution in [3.05, 3.63) is 69.9 Å². The van der Waals surface area contributed by atoms with Crippen molar-refractivity contribution in [2.45, 2.75) is 10.1 Å². The third-order valence-corrected chi connectivity index (χ3v) is 9.03. The number of aromatic nitrogens is 12. The van der Waals surface area contributed by atoms with E-state index >= 15 is 0 Å². The highest BCUT2D eigenvalue weighted by Crippen LogP contribution is 2.46. The molecule has 0 atom stereocenters. The third kappa shape index (κ3) is 4.68. The topological polar surface area (TPSA) is 123 Å². The smallest absolute Gasteiger partial charge is 0.209 e. The van der Waals surface area contributed by atoms with Crippen molar-refractivity contribution in [1.82, 2.24) is 60.0 Å². The van der Waals surface area contributed by atoms with E-state index in [4.69, 9.17) is 0 Å². The fourth-order valence-corrected chi connectivity index (χ4v) is 6.99. The van der Waals surface area contributed by atoms with Crippen molar-refractivity contribution in [3.8, 4) is 34.2 Å². The van der Waals surface area contributed by atoms with Crippen LogP contribution in [0.5, 0.6) is 0 Å². The van der Waals surface area contributed by atoms with Crippen LogP contribution in [0.15, 0.2) is 79.9 Å². The minimum Gasteiger partial charge on any atom is -0.224 e. The number of hydrogen-bond acceptors (Lipinski definition) is 10. The van der Waals surface area contributed by atoms with E-state index in [1.807, 2.05) is 57.9 Å². The maximum absolute atomic E-state index is 4.68. The second-order valence-corrected chi connectivity index (χ2v) is 11.6. The molecule has 0 aliphatic carbocycles. The molecular formula is C22H16Br2N12S2. The number of rotatable bonds is 7. The lowest BCUT2D eigenvalue weighted by molar-refractivity contribution is 0.630. The Kier molecular flexibility index (Phi) is 6.86. The summed E-state index contributed by atoms with van der Waals surface area (Å²) in [6.07, 6.45) is 3.49. The van der Waals surface area contributed by atoms with Crippen LogP contribution in [0.3, 0.4) is 0 Å². The largest absolute Gasteiger partial charge is 0.224 e. The third-order valence-electron chi connectivity index (χ3n) is 5.31. The summed E-state index contributed by atoms with van der Waals surface area (Å²) in [6, 6.07) is 15.8. The van der Waals surface area contributed by atoms with Crippen molar-refractivity contribution in [2.24, 2.45) is 14.1 Å². The van der Waals surface area contributed by atoms with Gasteiger partial charge < -0.3 is 0 Å². The summed E-state index contributed by atoms with van der Waals surface area (Å²) in [7, 11) is 6.45. The van der Waals surface area contributed by atoms with Gasteiger partial charge in [0.25, 0.3) is 0 Å². The average Bonchev–Trinajstić information content (AvgIpc) is 3.70. The van der Waals surface area contributed by atoms with Crippen LogP contribution in [0.2, 0.25) is 0 Å². The van der Waals surface area contributed by atoms with Crippen molar-refractivity contribution in [2.75, 3.05) is 0 Å². The van der Waals surface area contributed by atoms with E-state index in [9.17, 15) is 0 Å². The van der Waals surface area contributed by atoms with Gasteiger partial charge in [-0.25, -0.2) is 9.36 Å². The van der Waals surface area contributed by atoms with Gasteiger partial charge in [0.15, 0.2) is 0 Å². The molecule has 6 rings (SSSR count). The normalized spacial score (nSPS) is 11.4. The van der Waals surface area contributed by atoms with Crippen LogP contribution in [-0.2, 0) is 14.1 Å². The summed E-state index contributed by atoms with van der Waals surface area (Å²) in [5.41, 5.74) is 3.25. The van der Waals surface area contributed by atoms with E-state index in [-0.39, 0.29) is 0 Å². The quantitative estimate of drug-likeness (QED) is 0.220. The predicted octanol–water partition coefficient (Wildman–Crippen LogP) is 4.76. The number of tetrazole rings is 2. The molecule has 0 N–H and O–H groups in total. The Balaban J connectivity index is 1.47. The molecule has 190 valence electrons. The zero-order valence-corrected chi connectivity index (χ0v) is 24.5. The van der Waals surface area contributed by atoms with Gasteiger partial charge in [-0.05, 0) is 88.1 Å². The van der Waals surface area contributed by atoms with E-state index in [0.29, 0.717) is 11.6 Å². The molecule has 0 aliphatic heterocycles. The lowest BCUT2D eigenvalue weighted by Gasteiger charge is -2.12. The Morgan fingerprint density at radius 1 is 0.632 bits per heavy atom. The first-order valence-electron chi connectivity index (χ1n) is 11.0. The summed E-state index contributed by atoms with van der Waals surface area (Å²) in [5, 5.41) is 36.3. The molecule has 6 aromatic rings. The Morgan fingerprint density at radius 3 is 1.42 bits per heavy atom.